The van der Waals surface area contributed by atoms with E-state index in [9.17, 15) is 0 Å². The van der Waals surface area contributed by atoms with Crippen molar-refractivity contribution in [3.8, 4) is 0 Å². The highest BCUT2D eigenvalue weighted by Crippen LogP contribution is 2.30. The molecule has 0 saturated heterocycles. The van der Waals surface area contributed by atoms with Crippen LogP contribution in [0.5, 0.6) is 0 Å². The van der Waals surface area contributed by atoms with Crippen molar-refractivity contribution in [1.29, 1.82) is 0 Å². The molecule has 2 heterocycles. The van der Waals surface area contributed by atoms with Crippen molar-refractivity contribution in [2.45, 2.75) is 53.5 Å². The molecule has 2 nitrogen and oxygen atoms in total. The van der Waals surface area contributed by atoms with Crippen molar-refractivity contribution in [1.82, 2.24) is 9.55 Å². The van der Waals surface area contributed by atoms with Crippen molar-refractivity contribution >= 4 is 15.9 Å². The van der Waals surface area contributed by atoms with E-state index in [0.717, 1.165) is 23.5 Å². The van der Waals surface area contributed by atoms with Gasteiger partial charge in [-0.2, -0.15) is 0 Å². The lowest BCUT2D eigenvalue weighted by molar-refractivity contribution is 0.355. The molecule has 0 saturated carbocycles. The summed E-state index contributed by atoms with van der Waals surface area (Å²) in [5.74, 6) is 2.04. The SMILES string of the molecule is CC1CCc2c(Br)nc(CC(C)(C)C)n2C1. The van der Waals surface area contributed by atoms with Gasteiger partial charge < -0.3 is 4.57 Å². The fourth-order valence-electron chi connectivity index (χ4n) is 2.35. The van der Waals surface area contributed by atoms with Crippen molar-refractivity contribution in [2.24, 2.45) is 11.3 Å². The minimum Gasteiger partial charge on any atom is -0.331 e. The van der Waals surface area contributed by atoms with E-state index in [0.29, 0.717) is 5.41 Å². The Morgan fingerprint density at radius 1 is 1.44 bits per heavy atom. The summed E-state index contributed by atoms with van der Waals surface area (Å²) >= 11 is 3.60. The summed E-state index contributed by atoms with van der Waals surface area (Å²) in [6, 6.07) is 0. The number of halogens is 1. The average molecular weight is 285 g/mol. The van der Waals surface area contributed by atoms with Gasteiger partial charge in [-0.05, 0) is 40.1 Å². The van der Waals surface area contributed by atoms with Gasteiger partial charge in [0.1, 0.15) is 10.4 Å². The predicted octanol–water partition coefficient (Wildman–Crippen LogP) is 3.82. The third-order valence-electron chi connectivity index (χ3n) is 3.16. The molecule has 1 aromatic rings. The monoisotopic (exact) mass is 284 g/mol. The van der Waals surface area contributed by atoms with Crippen molar-refractivity contribution in [2.75, 3.05) is 0 Å². The fraction of sp³-hybridized carbons (Fsp3) is 0.769. The van der Waals surface area contributed by atoms with Crippen LogP contribution in [0.3, 0.4) is 0 Å². The van der Waals surface area contributed by atoms with E-state index < -0.39 is 0 Å². The Bertz CT molecular complexity index is 387. The molecule has 0 fully saturated rings. The molecule has 0 radical (unpaired) electrons. The molecule has 0 bridgehead atoms. The Morgan fingerprint density at radius 2 is 2.12 bits per heavy atom. The molecule has 0 aliphatic carbocycles. The Kier molecular flexibility index (Phi) is 3.17. The highest BCUT2D eigenvalue weighted by Gasteiger charge is 2.24. The van der Waals surface area contributed by atoms with Gasteiger partial charge in [-0.1, -0.05) is 27.7 Å². The molecule has 1 unspecified atom stereocenters. The molecule has 1 aliphatic rings. The summed E-state index contributed by atoms with van der Waals surface area (Å²) in [5.41, 5.74) is 1.71. The zero-order valence-corrected chi connectivity index (χ0v) is 12.3. The Balaban J connectivity index is 2.33. The van der Waals surface area contributed by atoms with Crippen LogP contribution < -0.4 is 0 Å². The third kappa shape index (κ3) is 2.50. The maximum atomic E-state index is 4.69. The average Bonchev–Trinajstić information content (AvgIpc) is 2.40. The number of fused-ring (bicyclic) bond motifs is 1. The lowest BCUT2D eigenvalue weighted by Crippen LogP contribution is -2.22. The molecule has 0 aromatic carbocycles. The topological polar surface area (TPSA) is 17.8 Å². The number of nitrogens with zero attached hydrogens (tertiary/aromatic N) is 2. The molecule has 16 heavy (non-hydrogen) atoms. The van der Waals surface area contributed by atoms with Crippen LogP contribution in [0.4, 0.5) is 0 Å². The Labute approximate surface area is 107 Å². The molecule has 0 N–H and O–H groups in total. The summed E-state index contributed by atoms with van der Waals surface area (Å²) in [6.07, 6.45) is 3.51. The summed E-state index contributed by atoms with van der Waals surface area (Å²) in [7, 11) is 0. The van der Waals surface area contributed by atoms with E-state index in [2.05, 4.69) is 48.2 Å². The van der Waals surface area contributed by atoms with Gasteiger partial charge in [-0.25, -0.2) is 4.98 Å². The minimum absolute atomic E-state index is 0.308. The van der Waals surface area contributed by atoms with E-state index in [-0.39, 0.29) is 0 Å². The summed E-state index contributed by atoms with van der Waals surface area (Å²) in [6.45, 7) is 10.3. The van der Waals surface area contributed by atoms with Crippen LogP contribution in [0.2, 0.25) is 0 Å². The number of imidazole rings is 1. The minimum atomic E-state index is 0.308. The largest absolute Gasteiger partial charge is 0.331 e. The molecular weight excluding hydrogens is 264 g/mol. The maximum absolute atomic E-state index is 4.69. The zero-order chi connectivity index (χ0) is 11.9. The van der Waals surface area contributed by atoms with Crippen LogP contribution in [0.1, 0.15) is 45.6 Å². The number of hydrogen-bond donors (Lipinski definition) is 0. The van der Waals surface area contributed by atoms with E-state index in [4.69, 9.17) is 4.98 Å². The Morgan fingerprint density at radius 3 is 2.75 bits per heavy atom. The van der Waals surface area contributed by atoms with Crippen molar-refractivity contribution < 1.29 is 0 Å². The number of aromatic nitrogens is 2. The highest BCUT2D eigenvalue weighted by molar-refractivity contribution is 9.10. The van der Waals surface area contributed by atoms with E-state index >= 15 is 0 Å². The Hall–Kier alpha value is -0.310. The molecule has 1 aliphatic heterocycles. The van der Waals surface area contributed by atoms with Crippen LogP contribution in [0.25, 0.3) is 0 Å². The van der Waals surface area contributed by atoms with Gasteiger partial charge in [0.25, 0.3) is 0 Å². The molecule has 0 spiro atoms. The van der Waals surface area contributed by atoms with Crippen LogP contribution in [-0.2, 0) is 19.4 Å². The number of rotatable bonds is 1. The van der Waals surface area contributed by atoms with Crippen LogP contribution in [0, 0.1) is 11.3 Å². The normalized spacial score (nSPS) is 20.9. The lowest BCUT2D eigenvalue weighted by Gasteiger charge is -2.25. The molecule has 1 aromatic heterocycles. The van der Waals surface area contributed by atoms with Gasteiger partial charge in [0.2, 0.25) is 0 Å². The van der Waals surface area contributed by atoms with Crippen molar-refractivity contribution in [3.05, 3.63) is 16.1 Å². The third-order valence-corrected chi connectivity index (χ3v) is 3.79. The fourth-order valence-corrected chi connectivity index (χ4v) is 2.97. The zero-order valence-electron chi connectivity index (χ0n) is 10.7. The molecule has 2 rings (SSSR count). The van der Waals surface area contributed by atoms with Crippen molar-refractivity contribution in [3.63, 3.8) is 0 Å². The van der Waals surface area contributed by atoms with E-state index in [1.54, 1.807) is 0 Å². The first-order chi connectivity index (χ1) is 7.37. The van der Waals surface area contributed by atoms with E-state index in [1.165, 1.54) is 24.4 Å². The molecule has 90 valence electrons. The predicted molar refractivity (Wildman–Crippen MR) is 70.6 cm³/mol. The van der Waals surface area contributed by atoms with Crippen LogP contribution in [0.15, 0.2) is 4.60 Å². The summed E-state index contributed by atoms with van der Waals surface area (Å²) < 4.78 is 3.50. The maximum Gasteiger partial charge on any atom is 0.127 e. The standard InChI is InChI=1S/C13H21BrN2/c1-9-5-6-10-12(14)15-11(16(10)8-9)7-13(2,3)4/h9H,5-8H2,1-4H3. The summed E-state index contributed by atoms with van der Waals surface area (Å²) in [5, 5.41) is 0. The quantitative estimate of drug-likeness (QED) is 0.767. The molecule has 0 amide bonds. The van der Waals surface area contributed by atoms with E-state index in [1.807, 2.05) is 0 Å². The highest BCUT2D eigenvalue weighted by atomic mass is 79.9. The lowest BCUT2D eigenvalue weighted by atomic mass is 9.91. The number of hydrogen-bond acceptors (Lipinski definition) is 1. The van der Waals surface area contributed by atoms with Gasteiger partial charge >= 0.3 is 0 Å². The van der Waals surface area contributed by atoms with Gasteiger partial charge in [0, 0.05) is 13.0 Å². The first-order valence-corrected chi connectivity index (χ1v) is 6.90. The van der Waals surface area contributed by atoms with Gasteiger partial charge in [-0.3, -0.25) is 0 Å². The van der Waals surface area contributed by atoms with Crippen LogP contribution in [-0.4, -0.2) is 9.55 Å². The van der Waals surface area contributed by atoms with Gasteiger partial charge in [0.05, 0.1) is 5.69 Å². The molecular formula is C13H21BrN2. The first kappa shape index (κ1) is 12.2. The second kappa shape index (κ2) is 4.17. The molecule has 3 heteroatoms. The second-order valence-electron chi connectivity index (χ2n) is 6.26. The van der Waals surface area contributed by atoms with Gasteiger partial charge in [-0.15, -0.1) is 0 Å². The first-order valence-electron chi connectivity index (χ1n) is 6.10. The molecule has 1 atom stereocenters. The summed E-state index contributed by atoms with van der Waals surface area (Å²) in [4.78, 5) is 4.69. The van der Waals surface area contributed by atoms with Gasteiger partial charge in [0.15, 0.2) is 0 Å². The smallest absolute Gasteiger partial charge is 0.127 e. The van der Waals surface area contributed by atoms with Crippen LogP contribution >= 0.6 is 15.9 Å². The second-order valence-corrected chi connectivity index (χ2v) is 7.01.